The largest absolute Gasteiger partial charge is 0.506 e. The van der Waals surface area contributed by atoms with Crippen LogP contribution in [0.15, 0.2) is 29.6 Å². The van der Waals surface area contributed by atoms with Gasteiger partial charge in [-0.3, -0.25) is 4.79 Å². The van der Waals surface area contributed by atoms with Gasteiger partial charge in [-0.05, 0) is 30.7 Å². The van der Waals surface area contributed by atoms with Crippen LogP contribution in [-0.4, -0.2) is 10.9 Å². The number of halogens is 3. The molecule has 21 heavy (non-hydrogen) atoms. The molecule has 0 atom stereocenters. The molecule has 6 heteroatoms. The molecular weight excluding hydrogens is 301 g/mol. The molecule has 2 rings (SSSR count). The summed E-state index contributed by atoms with van der Waals surface area (Å²) in [6.07, 6.45) is -1.21. The maximum Gasteiger partial charge on any atom is 0.416 e. The standard InChI is InChI=1S/C15H11F3O2S/c1-9(19)12-8-21-13(14(12)20)7-4-10-2-5-11(6-3-10)15(16,17)18/h2-8,20H,1H3/b7-4+. The Morgan fingerprint density at radius 2 is 1.81 bits per heavy atom. The van der Waals surface area contributed by atoms with Crippen LogP contribution in [0.3, 0.4) is 0 Å². The fraction of sp³-hybridized carbons (Fsp3) is 0.133. The number of ketones is 1. The quantitative estimate of drug-likeness (QED) is 0.823. The van der Waals surface area contributed by atoms with Crippen molar-refractivity contribution in [1.82, 2.24) is 0 Å². The first-order valence-electron chi connectivity index (χ1n) is 5.96. The van der Waals surface area contributed by atoms with Crippen LogP contribution in [0.4, 0.5) is 13.2 Å². The highest BCUT2D eigenvalue weighted by atomic mass is 32.1. The lowest BCUT2D eigenvalue weighted by atomic mass is 10.1. The van der Waals surface area contributed by atoms with Gasteiger partial charge in [-0.2, -0.15) is 13.2 Å². The molecule has 1 heterocycles. The number of hydrogen-bond acceptors (Lipinski definition) is 3. The summed E-state index contributed by atoms with van der Waals surface area (Å²) in [5, 5.41) is 11.4. The molecule has 2 aromatic rings. The van der Waals surface area contributed by atoms with Gasteiger partial charge in [0, 0.05) is 5.38 Å². The van der Waals surface area contributed by atoms with Crippen molar-refractivity contribution < 1.29 is 23.1 Å². The molecule has 0 radical (unpaired) electrons. The average molecular weight is 312 g/mol. The van der Waals surface area contributed by atoms with E-state index >= 15 is 0 Å². The van der Waals surface area contributed by atoms with E-state index in [0.29, 0.717) is 10.4 Å². The summed E-state index contributed by atoms with van der Waals surface area (Å²) in [4.78, 5) is 11.7. The van der Waals surface area contributed by atoms with Crippen molar-refractivity contribution in [3.8, 4) is 5.75 Å². The number of carbonyl (C=O) groups excluding carboxylic acids is 1. The number of rotatable bonds is 3. The highest BCUT2D eigenvalue weighted by Gasteiger charge is 2.29. The van der Waals surface area contributed by atoms with Crippen LogP contribution in [0.1, 0.15) is 33.3 Å². The number of Topliss-reactive ketones (excluding diaryl/α,β-unsaturated/α-hetero) is 1. The van der Waals surface area contributed by atoms with Gasteiger partial charge in [-0.15, -0.1) is 11.3 Å². The Morgan fingerprint density at radius 3 is 2.29 bits per heavy atom. The molecule has 0 saturated carbocycles. The first-order chi connectivity index (χ1) is 9.79. The molecule has 2 nitrogen and oxygen atoms in total. The molecule has 0 aliphatic carbocycles. The number of aromatic hydroxyl groups is 1. The minimum absolute atomic E-state index is 0.101. The topological polar surface area (TPSA) is 37.3 Å². The molecule has 0 unspecified atom stereocenters. The van der Waals surface area contributed by atoms with Crippen LogP contribution in [0.5, 0.6) is 5.75 Å². The van der Waals surface area contributed by atoms with Crippen LogP contribution in [0.2, 0.25) is 0 Å². The minimum Gasteiger partial charge on any atom is -0.506 e. The molecule has 1 aromatic heterocycles. The van der Waals surface area contributed by atoms with E-state index in [0.717, 1.165) is 12.1 Å². The van der Waals surface area contributed by atoms with Gasteiger partial charge >= 0.3 is 6.18 Å². The predicted octanol–water partition coefficient (Wildman–Crippen LogP) is 4.85. The van der Waals surface area contributed by atoms with Crippen molar-refractivity contribution in [1.29, 1.82) is 0 Å². The molecule has 0 bridgehead atoms. The molecule has 0 aliphatic rings. The average Bonchev–Trinajstić information content (AvgIpc) is 2.77. The zero-order valence-electron chi connectivity index (χ0n) is 10.9. The Hall–Kier alpha value is -2.08. The van der Waals surface area contributed by atoms with E-state index in [1.165, 1.54) is 30.4 Å². The van der Waals surface area contributed by atoms with Crippen molar-refractivity contribution in [2.45, 2.75) is 13.1 Å². The zero-order chi connectivity index (χ0) is 15.6. The van der Waals surface area contributed by atoms with Gasteiger partial charge < -0.3 is 5.11 Å². The van der Waals surface area contributed by atoms with E-state index < -0.39 is 11.7 Å². The van der Waals surface area contributed by atoms with Crippen molar-refractivity contribution >= 4 is 29.3 Å². The van der Waals surface area contributed by atoms with E-state index in [2.05, 4.69) is 0 Å². The Morgan fingerprint density at radius 1 is 1.19 bits per heavy atom. The lowest BCUT2D eigenvalue weighted by molar-refractivity contribution is -0.137. The lowest BCUT2D eigenvalue weighted by Gasteiger charge is -2.05. The maximum atomic E-state index is 12.4. The van der Waals surface area contributed by atoms with Gasteiger partial charge in [-0.25, -0.2) is 0 Å². The first-order valence-corrected chi connectivity index (χ1v) is 6.83. The van der Waals surface area contributed by atoms with E-state index in [1.807, 2.05) is 0 Å². The Labute approximate surface area is 123 Å². The van der Waals surface area contributed by atoms with Gasteiger partial charge in [0.05, 0.1) is 16.0 Å². The third kappa shape index (κ3) is 3.52. The van der Waals surface area contributed by atoms with Crippen molar-refractivity contribution in [2.24, 2.45) is 0 Å². The third-order valence-corrected chi connectivity index (χ3v) is 3.77. The molecular formula is C15H11F3O2S. The second kappa shape index (κ2) is 5.73. The summed E-state index contributed by atoms with van der Waals surface area (Å²) in [5.41, 5.74) is 0.102. The molecule has 110 valence electrons. The zero-order valence-corrected chi connectivity index (χ0v) is 11.8. The minimum atomic E-state index is -4.36. The van der Waals surface area contributed by atoms with Gasteiger partial charge in [-0.1, -0.05) is 18.2 Å². The van der Waals surface area contributed by atoms with E-state index in [9.17, 15) is 23.1 Å². The predicted molar refractivity (Wildman–Crippen MR) is 76.4 cm³/mol. The van der Waals surface area contributed by atoms with E-state index in [1.54, 1.807) is 17.5 Å². The van der Waals surface area contributed by atoms with Crippen molar-refractivity contribution in [2.75, 3.05) is 0 Å². The molecule has 0 saturated heterocycles. The highest BCUT2D eigenvalue weighted by Crippen LogP contribution is 2.32. The summed E-state index contributed by atoms with van der Waals surface area (Å²) >= 11 is 1.19. The molecule has 0 fully saturated rings. The summed E-state index contributed by atoms with van der Waals surface area (Å²) < 4.78 is 37.3. The Balaban J connectivity index is 2.20. The van der Waals surface area contributed by atoms with E-state index in [4.69, 9.17) is 0 Å². The molecule has 1 N–H and O–H groups in total. The smallest absolute Gasteiger partial charge is 0.416 e. The van der Waals surface area contributed by atoms with Crippen LogP contribution < -0.4 is 0 Å². The fourth-order valence-electron chi connectivity index (χ4n) is 1.69. The third-order valence-electron chi connectivity index (χ3n) is 2.84. The monoisotopic (exact) mass is 312 g/mol. The van der Waals surface area contributed by atoms with Gasteiger partial charge in [0.15, 0.2) is 5.78 Å². The summed E-state index contributed by atoms with van der Waals surface area (Å²) in [5.74, 6) is -0.339. The fourth-order valence-corrected chi connectivity index (χ4v) is 2.58. The summed E-state index contributed by atoms with van der Waals surface area (Å²) in [6, 6.07) is 4.68. The number of hydrogen-bond donors (Lipinski definition) is 1. The van der Waals surface area contributed by atoms with Crippen LogP contribution >= 0.6 is 11.3 Å². The second-order valence-electron chi connectivity index (χ2n) is 4.37. The van der Waals surface area contributed by atoms with Crippen molar-refractivity contribution in [3.05, 3.63) is 51.2 Å². The molecule has 1 aromatic carbocycles. The molecule has 0 amide bonds. The number of thiophene rings is 1. The number of alkyl halides is 3. The molecule has 0 spiro atoms. The first kappa shape index (κ1) is 15.3. The molecule has 0 aliphatic heterocycles. The van der Waals surface area contributed by atoms with Crippen LogP contribution in [0.25, 0.3) is 12.2 Å². The van der Waals surface area contributed by atoms with E-state index in [-0.39, 0.29) is 17.1 Å². The normalized spacial score (nSPS) is 12.0. The van der Waals surface area contributed by atoms with Crippen LogP contribution in [0, 0.1) is 0 Å². The summed E-state index contributed by atoms with van der Waals surface area (Å²) in [6.45, 7) is 1.35. The van der Waals surface area contributed by atoms with Gasteiger partial charge in [0.25, 0.3) is 0 Å². The van der Waals surface area contributed by atoms with Crippen molar-refractivity contribution in [3.63, 3.8) is 0 Å². The maximum absolute atomic E-state index is 12.4. The SMILES string of the molecule is CC(=O)c1csc(/C=C/c2ccc(C(F)(F)F)cc2)c1O. The highest BCUT2D eigenvalue weighted by molar-refractivity contribution is 7.11. The van der Waals surface area contributed by atoms with Gasteiger partial charge in [0.2, 0.25) is 0 Å². The lowest BCUT2D eigenvalue weighted by Crippen LogP contribution is -2.03. The Kier molecular flexibility index (Phi) is 4.18. The summed E-state index contributed by atoms with van der Waals surface area (Å²) in [7, 11) is 0. The number of benzene rings is 1. The Bertz CT molecular complexity index is 682. The second-order valence-corrected chi connectivity index (χ2v) is 5.28. The van der Waals surface area contributed by atoms with Gasteiger partial charge in [0.1, 0.15) is 5.75 Å². The van der Waals surface area contributed by atoms with Crippen LogP contribution in [-0.2, 0) is 6.18 Å². The number of carbonyl (C=O) groups is 1.